The molecule has 4 aromatic rings. The third-order valence-corrected chi connectivity index (χ3v) is 6.78. The summed E-state index contributed by atoms with van der Waals surface area (Å²) in [4.78, 5) is 25.6. The molecule has 0 saturated heterocycles. The van der Waals surface area contributed by atoms with Crippen molar-refractivity contribution in [2.75, 3.05) is 11.2 Å². The molecule has 0 bridgehead atoms. The van der Waals surface area contributed by atoms with E-state index in [0.29, 0.717) is 23.2 Å². The van der Waals surface area contributed by atoms with Crippen LogP contribution in [0, 0.1) is 0 Å². The zero-order chi connectivity index (χ0) is 21.1. The normalized spacial score (nSPS) is 11.2. The lowest BCUT2D eigenvalue weighted by Crippen LogP contribution is -2.30. The third kappa shape index (κ3) is 4.11. The molecular weight excluding hydrogens is 410 g/mol. The van der Waals surface area contributed by atoms with E-state index in [0.717, 1.165) is 20.7 Å². The van der Waals surface area contributed by atoms with Crippen molar-refractivity contribution >= 4 is 44.4 Å². The van der Waals surface area contributed by atoms with Crippen LogP contribution in [0.5, 0.6) is 0 Å². The number of carbonyl (C=O) groups excluding carboxylic acids is 1. The predicted molar refractivity (Wildman–Crippen MR) is 127 cm³/mol. The summed E-state index contributed by atoms with van der Waals surface area (Å²) < 4.78 is 1.10. The van der Waals surface area contributed by atoms with Crippen LogP contribution in [0.1, 0.15) is 41.3 Å². The van der Waals surface area contributed by atoms with Gasteiger partial charge in [0.05, 0.1) is 22.3 Å². The van der Waals surface area contributed by atoms with Gasteiger partial charge in [-0.05, 0) is 47.6 Å². The Morgan fingerprint density at radius 3 is 2.67 bits per heavy atom. The second-order valence-electron chi connectivity index (χ2n) is 7.30. The number of hydrogen-bond donors (Lipinski definition) is 0. The number of nitrogens with zero attached hydrogens (tertiary/aromatic N) is 3. The summed E-state index contributed by atoms with van der Waals surface area (Å²) in [6, 6.07) is 17.9. The van der Waals surface area contributed by atoms with Crippen LogP contribution in [-0.2, 0) is 6.54 Å². The van der Waals surface area contributed by atoms with Crippen LogP contribution in [0.25, 0.3) is 10.2 Å². The Kier molecular flexibility index (Phi) is 6.16. The highest BCUT2D eigenvalue weighted by molar-refractivity contribution is 7.98. The maximum Gasteiger partial charge on any atom is 0.261 e. The van der Waals surface area contributed by atoms with Gasteiger partial charge in [0.1, 0.15) is 0 Å². The minimum atomic E-state index is -0.0473. The second kappa shape index (κ2) is 8.98. The molecule has 0 aliphatic heterocycles. The lowest BCUT2D eigenvalue weighted by atomic mass is 10.0. The fourth-order valence-electron chi connectivity index (χ4n) is 3.41. The van der Waals surface area contributed by atoms with E-state index in [4.69, 9.17) is 4.98 Å². The average Bonchev–Trinajstić information content (AvgIpc) is 3.21. The van der Waals surface area contributed by atoms with Gasteiger partial charge in [0.15, 0.2) is 5.13 Å². The van der Waals surface area contributed by atoms with Crippen LogP contribution in [0.2, 0.25) is 0 Å². The van der Waals surface area contributed by atoms with E-state index in [1.807, 2.05) is 42.7 Å². The monoisotopic (exact) mass is 433 g/mol. The SMILES string of the molecule is CSc1ccccc1C(=O)N(Cc1cccnc1)c1nc2c(C(C)C)cccc2s1. The number of hydrogen-bond acceptors (Lipinski definition) is 5. The summed E-state index contributed by atoms with van der Waals surface area (Å²) in [6.07, 6.45) is 5.53. The van der Waals surface area contributed by atoms with E-state index < -0.39 is 0 Å². The number of benzene rings is 2. The lowest BCUT2D eigenvalue weighted by Gasteiger charge is -2.21. The lowest BCUT2D eigenvalue weighted by molar-refractivity contribution is 0.0982. The molecule has 2 heterocycles. The molecule has 0 unspecified atom stereocenters. The predicted octanol–water partition coefficient (Wildman–Crippen LogP) is 6.38. The van der Waals surface area contributed by atoms with Gasteiger partial charge in [-0.25, -0.2) is 4.98 Å². The number of para-hydroxylation sites is 1. The van der Waals surface area contributed by atoms with Crippen LogP contribution in [0.15, 0.2) is 71.9 Å². The first-order valence-electron chi connectivity index (χ1n) is 9.81. The Labute approximate surface area is 185 Å². The average molecular weight is 434 g/mol. The molecule has 0 N–H and O–H groups in total. The Hall–Kier alpha value is -2.70. The van der Waals surface area contributed by atoms with Gasteiger partial charge >= 0.3 is 0 Å². The number of thioether (sulfide) groups is 1. The maximum atomic E-state index is 13.7. The van der Waals surface area contributed by atoms with Gasteiger partial charge in [-0.15, -0.1) is 11.8 Å². The van der Waals surface area contributed by atoms with Crippen molar-refractivity contribution in [1.29, 1.82) is 0 Å². The van der Waals surface area contributed by atoms with Gasteiger partial charge in [-0.3, -0.25) is 14.7 Å². The van der Waals surface area contributed by atoms with Crippen molar-refractivity contribution in [2.45, 2.75) is 31.2 Å². The molecule has 152 valence electrons. The summed E-state index contributed by atoms with van der Waals surface area (Å²) in [6.45, 7) is 4.76. The number of anilines is 1. The van der Waals surface area contributed by atoms with Crippen LogP contribution in [0.3, 0.4) is 0 Å². The standard InChI is InChI=1S/C24H23N3OS2/c1-16(2)18-10-6-12-21-22(18)26-24(30-21)27(15-17-8-7-13-25-14-17)23(28)19-9-4-5-11-20(19)29-3/h4-14,16H,15H2,1-3H3. The molecule has 4 nitrogen and oxygen atoms in total. The molecule has 30 heavy (non-hydrogen) atoms. The quantitative estimate of drug-likeness (QED) is 0.331. The van der Waals surface area contributed by atoms with Crippen LogP contribution < -0.4 is 4.90 Å². The Bertz CT molecular complexity index is 1170. The fraction of sp³-hybridized carbons (Fsp3) is 0.208. The van der Waals surface area contributed by atoms with E-state index in [-0.39, 0.29) is 5.91 Å². The Balaban J connectivity index is 1.82. The first-order valence-corrected chi connectivity index (χ1v) is 11.9. The van der Waals surface area contributed by atoms with Gasteiger partial charge in [-0.2, -0.15) is 0 Å². The minimum Gasteiger partial charge on any atom is -0.279 e. The van der Waals surface area contributed by atoms with Gasteiger partial charge in [0, 0.05) is 17.3 Å². The zero-order valence-electron chi connectivity index (χ0n) is 17.2. The number of rotatable bonds is 6. The third-order valence-electron chi connectivity index (χ3n) is 4.94. The molecule has 0 radical (unpaired) electrons. The smallest absolute Gasteiger partial charge is 0.261 e. The molecule has 4 rings (SSSR count). The van der Waals surface area contributed by atoms with Gasteiger partial charge in [0.2, 0.25) is 0 Å². The van der Waals surface area contributed by atoms with Crippen molar-refractivity contribution in [3.05, 3.63) is 83.7 Å². The van der Waals surface area contributed by atoms with Crippen molar-refractivity contribution in [3.8, 4) is 0 Å². The Morgan fingerprint density at radius 1 is 1.10 bits per heavy atom. The van der Waals surface area contributed by atoms with E-state index in [1.54, 1.807) is 40.4 Å². The number of carbonyl (C=O) groups is 1. The topological polar surface area (TPSA) is 46.1 Å². The molecule has 0 aliphatic carbocycles. The van der Waals surface area contributed by atoms with E-state index in [9.17, 15) is 4.79 Å². The first-order chi connectivity index (χ1) is 14.6. The summed E-state index contributed by atoms with van der Waals surface area (Å²) in [5.74, 6) is 0.317. The highest BCUT2D eigenvalue weighted by Gasteiger charge is 2.24. The molecule has 6 heteroatoms. The van der Waals surface area contributed by atoms with Crippen molar-refractivity contribution in [1.82, 2.24) is 9.97 Å². The summed E-state index contributed by atoms with van der Waals surface area (Å²) in [5.41, 5.74) is 3.84. The first kappa shape index (κ1) is 20.6. The van der Waals surface area contributed by atoms with Crippen molar-refractivity contribution in [2.24, 2.45) is 0 Å². The molecule has 1 amide bonds. The van der Waals surface area contributed by atoms with Gasteiger partial charge in [-0.1, -0.05) is 55.5 Å². The van der Waals surface area contributed by atoms with Crippen molar-refractivity contribution in [3.63, 3.8) is 0 Å². The number of amides is 1. The number of fused-ring (bicyclic) bond motifs is 1. The fourth-order valence-corrected chi connectivity index (χ4v) is 4.99. The summed E-state index contributed by atoms with van der Waals surface area (Å²) in [5, 5.41) is 0.711. The number of thiazole rings is 1. The van der Waals surface area contributed by atoms with E-state index in [1.165, 1.54) is 5.56 Å². The minimum absolute atomic E-state index is 0.0473. The van der Waals surface area contributed by atoms with Gasteiger partial charge < -0.3 is 0 Å². The van der Waals surface area contributed by atoms with Crippen LogP contribution >= 0.6 is 23.1 Å². The highest BCUT2D eigenvalue weighted by Crippen LogP contribution is 2.35. The molecule has 0 saturated carbocycles. The molecule has 0 atom stereocenters. The van der Waals surface area contributed by atoms with Crippen molar-refractivity contribution < 1.29 is 4.79 Å². The Morgan fingerprint density at radius 2 is 1.93 bits per heavy atom. The van der Waals surface area contributed by atoms with Crippen LogP contribution in [-0.4, -0.2) is 22.1 Å². The molecule has 0 fully saturated rings. The summed E-state index contributed by atoms with van der Waals surface area (Å²) in [7, 11) is 0. The molecule has 2 aromatic carbocycles. The van der Waals surface area contributed by atoms with E-state index in [2.05, 4.69) is 37.0 Å². The van der Waals surface area contributed by atoms with E-state index >= 15 is 0 Å². The molecule has 2 aromatic heterocycles. The second-order valence-corrected chi connectivity index (χ2v) is 9.16. The number of aromatic nitrogens is 2. The number of pyridine rings is 1. The largest absolute Gasteiger partial charge is 0.279 e. The van der Waals surface area contributed by atoms with Gasteiger partial charge in [0.25, 0.3) is 5.91 Å². The molecule has 0 spiro atoms. The summed E-state index contributed by atoms with van der Waals surface area (Å²) >= 11 is 3.14. The highest BCUT2D eigenvalue weighted by atomic mass is 32.2. The zero-order valence-corrected chi connectivity index (χ0v) is 18.8. The maximum absolute atomic E-state index is 13.7. The molecule has 0 aliphatic rings. The van der Waals surface area contributed by atoms with Crippen LogP contribution in [0.4, 0.5) is 5.13 Å². The molecular formula is C24H23N3OS2.